The van der Waals surface area contributed by atoms with Crippen LogP contribution in [0.5, 0.6) is 0 Å². The van der Waals surface area contributed by atoms with Crippen LogP contribution >= 0.6 is 0 Å². The third-order valence-electron chi connectivity index (χ3n) is 3.05. The summed E-state index contributed by atoms with van der Waals surface area (Å²) in [5.41, 5.74) is 4.28. The molecule has 0 radical (unpaired) electrons. The Hall–Kier alpha value is -2.10. The summed E-state index contributed by atoms with van der Waals surface area (Å²) in [4.78, 5) is 15.2. The first-order valence-corrected chi connectivity index (χ1v) is 6.30. The Morgan fingerprint density at radius 2 is 2.05 bits per heavy atom. The number of rotatable bonds is 3. The molecule has 0 unspecified atom stereocenters. The summed E-state index contributed by atoms with van der Waals surface area (Å²) in [6.45, 7) is 8.21. The highest BCUT2D eigenvalue weighted by Gasteiger charge is 2.13. The van der Waals surface area contributed by atoms with Gasteiger partial charge in [-0.1, -0.05) is 6.07 Å². The van der Waals surface area contributed by atoms with E-state index in [1.807, 2.05) is 6.92 Å². The molecule has 1 aromatic heterocycles. The van der Waals surface area contributed by atoms with E-state index in [0.717, 1.165) is 22.7 Å². The number of carboxylic acids is 1. The van der Waals surface area contributed by atoms with Gasteiger partial charge in [-0.3, -0.25) is 0 Å². The van der Waals surface area contributed by atoms with Gasteiger partial charge in [0.2, 0.25) is 0 Å². The summed E-state index contributed by atoms with van der Waals surface area (Å²) in [5.74, 6) is -0.281. The lowest BCUT2D eigenvalue weighted by Gasteiger charge is -2.11. The first kappa shape index (κ1) is 13.3. The van der Waals surface area contributed by atoms with Gasteiger partial charge in [0.1, 0.15) is 5.82 Å². The number of hydrogen-bond acceptors (Lipinski definition) is 2. The van der Waals surface area contributed by atoms with Gasteiger partial charge >= 0.3 is 5.97 Å². The van der Waals surface area contributed by atoms with Gasteiger partial charge in [0.05, 0.1) is 11.0 Å². The van der Waals surface area contributed by atoms with E-state index in [9.17, 15) is 4.79 Å². The zero-order valence-electron chi connectivity index (χ0n) is 11.6. The molecule has 0 atom stereocenters. The van der Waals surface area contributed by atoms with E-state index in [1.165, 1.54) is 5.56 Å². The molecule has 4 heteroatoms. The largest absolute Gasteiger partial charge is 0.478 e. The van der Waals surface area contributed by atoms with Crippen molar-refractivity contribution in [3.63, 3.8) is 0 Å². The maximum Gasteiger partial charge on any atom is 0.328 e. The maximum absolute atomic E-state index is 10.7. The van der Waals surface area contributed by atoms with Gasteiger partial charge in [-0.05, 0) is 51.0 Å². The van der Waals surface area contributed by atoms with Crippen molar-refractivity contribution in [2.75, 3.05) is 0 Å². The minimum Gasteiger partial charge on any atom is -0.478 e. The molecular formula is C15H18N2O2. The molecule has 0 spiro atoms. The third kappa shape index (κ3) is 2.52. The van der Waals surface area contributed by atoms with Crippen LogP contribution in [0.4, 0.5) is 0 Å². The lowest BCUT2D eigenvalue weighted by atomic mass is 10.1. The van der Waals surface area contributed by atoms with Crippen molar-refractivity contribution in [3.8, 4) is 0 Å². The van der Waals surface area contributed by atoms with Crippen LogP contribution in [0.25, 0.3) is 17.1 Å². The molecule has 0 aliphatic rings. The fraction of sp³-hybridized carbons (Fsp3) is 0.333. The molecule has 19 heavy (non-hydrogen) atoms. The van der Waals surface area contributed by atoms with Crippen molar-refractivity contribution in [3.05, 3.63) is 35.2 Å². The monoisotopic (exact) mass is 258 g/mol. The number of fused-ring (bicyclic) bond motifs is 1. The average Bonchev–Trinajstić information content (AvgIpc) is 2.64. The molecule has 1 N–H and O–H groups in total. The molecule has 0 fully saturated rings. The second-order valence-electron chi connectivity index (χ2n) is 5.05. The highest BCUT2D eigenvalue weighted by Crippen LogP contribution is 2.25. The van der Waals surface area contributed by atoms with Crippen molar-refractivity contribution in [2.45, 2.75) is 33.7 Å². The van der Waals surface area contributed by atoms with Crippen LogP contribution in [-0.4, -0.2) is 20.6 Å². The molecule has 1 aromatic carbocycles. The SMILES string of the molecule is Cc1cc(C)c2nc(/C=C/C(=O)O)n(C(C)C)c2c1. The second kappa shape index (κ2) is 4.88. The van der Waals surface area contributed by atoms with Crippen molar-refractivity contribution < 1.29 is 9.90 Å². The molecule has 2 aromatic rings. The van der Waals surface area contributed by atoms with Gasteiger partial charge in [0.25, 0.3) is 0 Å². The van der Waals surface area contributed by atoms with Gasteiger partial charge in [-0.25, -0.2) is 9.78 Å². The number of hydrogen-bond donors (Lipinski definition) is 1. The molecular weight excluding hydrogens is 240 g/mol. The average molecular weight is 258 g/mol. The number of nitrogens with zero attached hydrogens (tertiary/aromatic N) is 2. The molecule has 0 amide bonds. The van der Waals surface area contributed by atoms with Crippen LogP contribution in [0.1, 0.15) is 36.8 Å². The van der Waals surface area contributed by atoms with Gasteiger partial charge in [-0.15, -0.1) is 0 Å². The Balaban J connectivity index is 2.74. The number of carbonyl (C=O) groups is 1. The summed E-state index contributed by atoms with van der Waals surface area (Å²) in [6.07, 6.45) is 2.68. The Kier molecular flexibility index (Phi) is 3.42. The van der Waals surface area contributed by atoms with Gasteiger partial charge in [-0.2, -0.15) is 0 Å². The van der Waals surface area contributed by atoms with E-state index < -0.39 is 5.97 Å². The van der Waals surface area contributed by atoms with E-state index in [4.69, 9.17) is 5.11 Å². The number of aliphatic carboxylic acids is 1. The van der Waals surface area contributed by atoms with Crippen molar-refractivity contribution in [1.29, 1.82) is 0 Å². The quantitative estimate of drug-likeness (QED) is 0.859. The van der Waals surface area contributed by atoms with Crippen LogP contribution in [0, 0.1) is 13.8 Å². The van der Waals surface area contributed by atoms with Gasteiger partial charge in [0.15, 0.2) is 0 Å². The van der Waals surface area contributed by atoms with Crippen LogP contribution in [0.3, 0.4) is 0 Å². The molecule has 0 bridgehead atoms. The predicted molar refractivity (Wildman–Crippen MR) is 76.3 cm³/mol. The topological polar surface area (TPSA) is 55.1 Å². The van der Waals surface area contributed by atoms with Gasteiger partial charge in [0, 0.05) is 12.1 Å². The lowest BCUT2D eigenvalue weighted by molar-refractivity contribution is -0.131. The minimum atomic E-state index is -0.963. The molecule has 0 saturated carbocycles. The zero-order valence-corrected chi connectivity index (χ0v) is 11.6. The number of imidazole rings is 1. The lowest BCUT2D eigenvalue weighted by Crippen LogP contribution is -2.03. The highest BCUT2D eigenvalue weighted by atomic mass is 16.4. The van der Waals surface area contributed by atoms with Crippen molar-refractivity contribution in [2.24, 2.45) is 0 Å². The normalized spacial score (nSPS) is 11.8. The fourth-order valence-electron chi connectivity index (χ4n) is 2.36. The maximum atomic E-state index is 10.7. The van der Waals surface area contributed by atoms with Crippen molar-refractivity contribution in [1.82, 2.24) is 9.55 Å². The zero-order chi connectivity index (χ0) is 14.2. The van der Waals surface area contributed by atoms with Crippen LogP contribution in [0.15, 0.2) is 18.2 Å². The Labute approximate surface area is 112 Å². The fourth-order valence-corrected chi connectivity index (χ4v) is 2.36. The number of aryl methyl sites for hydroxylation is 2. The Bertz CT molecular complexity index is 666. The smallest absolute Gasteiger partial charge is 0.328 e. The standard InChI is InChI=1S/C15H18N2O2/c1-9(2)17-12-8-10(3)7-11(4)15(12)16-13(17)5-6-14(18)19/h5-9H,1-4H3,(H,18,19)/b6-5+. The summed E-state index contributed by atoms with van der Waals surface area (Å²) >= 11 is 0. The highest BCUT2D eigenvalue weighted by molar-refractivity contribution is 5.87. The van der Waals surface area contributed by atoms with Crippen LogP contribution in [-0.2, 0) is 4.79 Å². The summed E-state index contributed by atoms with van der Waals surface area (Å²) in [6, 6.07) is 4.40. The number of carboxylic acid groups (broad SMARTS) is 1. The first-order valence-electron chi connectivity index (χ1n) is 6.30. The predicted octanol–water partition coefficient (Wildman–Crippen LogP) is 3.33. The van der Waals surface area contributed by atoms with E-state index >= 15 is 0 Å². The van der Waals surface area contributed by atoms with E-state index in [0.29, 0.717) is 5.82 Å². The van der Waals surface area contributed by atoms with E-state index in [2.05, 4.69) is 42.5 Å². The number of benzene rings is 1. The molecule has 0 saturated heterocycles. The van der Waals surface area contributed by atoms with E-state index in [1.54, 1.807) is 6.08 Å². The summed E-state index contributed by atoms with van der Waals surface area (Å²) < 4.78 is 2.06. The molecule has 4 nitrogen and oxygen atoms in total. The Morgan fingerprint density at radius 3 is 2.63 bits per heavy atom. The van der Waals surface area contributed by atoms with Crippen molar-refractivity contribution >= 4 is 23.1 Å². The van der Waals surface area contributed by atoms with Crippen LogP contribution in [0.2, 0.25) is 0 Å². The molecule has 0 aliphatic carbocycles. The molecule has 2 rings (SSSR count). The second-order valence-corrected chi connectivity index (χ2v) is 5.05. The minimum absolute atomic E-state index is 0.222. The molecule has 100 valence electrons. The van der Waals surface area contributed by atoms with E-state index in [-0.39, 0.29) is 6.04 Å². The number of aromatic nitrogens is 2. The molecule has 1 heterocycles. The summed E-state index contributed by atoms with van der Waals surface area (Å²) in [5, 5.41) is 8.75. The Morgan fingerprint density at radius 1 is 1.37 bits per heavy atom. The van der Waals surface area contributed by atoms with Crippen LogP contribution < -0.4 is 0 Å². The van der Waals surface area contributed by atoms with Gasteiger partial charge < -0.3 is 9.67 Å². The summed E-state index contributed by atoms with van der Waals surface area (Å²) in [7, 11) is 0. The third-order valence-corrected chi connectivity index (χ3v) is 3.05. The molecule has 0 aliphatic heterocycles. The first-order chi connectivity index (χ1) is 8.90.